The average molecular weight is 432 g/mol. The van der Waals surface area contributed by atoms with Gasteiger partial charge < -0.3 is 9.64 Å². The molecule has 0 spiro atoms. The molecule has 0 bridgehead atoms. The van der Waals surface area contributed by atoms with Crippen LogP contribution in [-0.4, -0.2) is 63.4 Å². The predicted octanol–water partition coefficient (Wildman–Crippen LogP) is 3.21. The summed E-state index contributed by atoms with van der Waals surface area (Å²) in [5.41, 5.74) is 4.29. The van der Waals surface area contributed by atoms with Crippen LogP contribution in [0.15, 0.2) is 61.2 Å². The maximum absolute atomic E-state index is 13.5. The Bertz CT molecular complexity index is 1030. The van der Waals surface area contributed by atoms with Crippen molar-refractivity contribution < 1.29 is 9.53 Å². The lowest BCUT2D eigenvalue weighted by Gasteiger charge is -2.41. The molecule has 1 aliphatic heterocycles. The number of pyridine rings is 1. The zero-order valence-corrected chi connectivity index (χ0v) is 18.6. The Labute approximate surface area is 189 Å². The van der Waals surface area contributed by atoms with Gasteiger partial charge in [0.15, 0.2) is 0 Å². The van der Waals surface area contributed by atoms with Gasteiger partial charge in [-0.1, -0.05) is 37.3 Å². The van der Waals surface area contributed by atoms with Gasteiger partial charge in [0, 0.05) is 62.1 Å². The summed E-state index contributed by atoms with van der Waals surface area (Å²) >= 11 is 0. The molecule has 166 valence electrons. The van der Waals surface area contributed by atoms with E-state index >= 15 is 0 Å². The third-order valence-electron chi connectivity index (χ3n) is 5.84. The minimum Gasteiger partial charge on any atom is -0.467 e. The molecule has 7 heteroatoms. The first-order chi connectivity index (χ1) is 15.7. The molecular formula is C25H29N5O2. The molecule has 0 saturated carbocycles. The van der Waals surface area contributed by atoms with Crippen LogP contribution in [0.2, 0.25) is 0 Å². The number of nitrogens with zero attached hydrogens (tertiary/aromatic N) is 5. The summed E-state index contributed by atoms with van der Waals surface area (Å²) in [4.78, 5) is 30.5. The summed E-state index contributed by atoms with van der Waals surface area (Å²) in [6, 6.07) is 12.4. The molecule has 7 nitrogen and oxygen atoms in total. The number of hydrogen-bond acceptors (Lipinski definition) is 6. The lowest BCUT2D eigenvalue weighted by molar-refractivity contribution is -0.142. The summed E-state index contributed by atoms with van der Waals surface area (Å²) in [5, 5.41) is 0. The molecule has 4 rings (SSSR count). The summed E-state index contributed by atoms with van der Waals surface area (Å²) in [5.74, 6) is 0.188. The number of rotatable bonds is 8. The molecular weight excluding hydrogens is 402 g/mol. The molecule has 1 aliphatic rings. The van der Waals surface area contributed by atoms with E-state index in [1.165, 1.54) is 0 Å². The first-order valence-electron chi connectivity index (χ1n) is 11.1. The van der Waals surface area contributed by atoms with Crippen LogP contribution in [0.4, 0.5) is 0 Å². The fourth-order valence-corrected chi connectivity index (χ4v) is 4.25. The Morgan fingerprint density at radius 3 is 2.59 bits per heavy atom. The number of carbonyl (C=O) groups excluding carboxylic acids is 1. The molecule has 1 aromatic carbocycles. The number of piperazine rings is 1. The standard InChI is InChI=1S/C25H29N5O2/c1-3-11-29-12-13-30(18-19-15-27-25(32-2)28-16-19)23(24(29)31)14-20-7-4-5-9-22(20)21-8-6-10-26-17-21/h4-10,15-17,23H,3,11-14,18H2,1-2H3/t23-/m1/s1. The zero-order chi connectivity index (χ0) is 22.3. The molecule has 2 aromatic heterocycles. The van der Waals surface area contributed by atoms with E-state index in [1.807, 2.05) is 29.3 Å². The van der Waals surface area contributed by atoms with Gasteiger partial charge in [0.2, 0.25) is 5.91 Å². The van der Waals surface area contributed by atoms with E-state index < -0.39 is 0 Å². The molecule has 0 radical (unpaired) electrons. The maximum atomic E-state index is 13.5. The first kappa shape index (κ1) is 21.9. The lowest BCUT2D eigenvalue weighted by Crippen LogP contribution is -2.57. The Morgan fingerprint density at radius 1 is 1.06 bits per heavy atom. The van der Waals surface area contributed by atoms with E-state index in [1.54, 1.807) is 25.7 Å². The van der Waals surface area contributed by atoms with Crippen LogP contribution in [0.1, 0.15) is 24.5 Å². The van der Waals surface area contributed by atoms with Crippen LogP contribution in [-0.2, 0) is 17.8 Å². The summed E-state index contributed by atoms with van der Waals surface area (Å²) in [7, 11) is 1.55. The molecule has 0 aliphatic carbocycles. The van der Waals surface area contributed by atoms with Crippen LogP contribution >= 0.6 is 0 Å². The van der Waals surface area contributed by atoms with Crippen LogP contribution in [0.5, 0.6) is 6.01 Å². The average Bonchev–Trinajstić information content (AvgIpc) is 2.84. The Hall–Kier alpha value is -3.32. The molecule has 1 saturated heterocycles. The fourth-order valence-electron chi connectivity index (χ4n) is 4.25. The highest BCUT2D eigenvalue weighted by atomic mass is 16.5. The number of carbonyl (C=O) groups is 1. The van der Waals surface area contributed by atoms with Crippen LogP contribution in [0, 0.1) is 0 Å². The van der Waals surface area contributed by atoms with Crippen molar-refractivity contribution in [2.45, 2.75) is 32.4 Å². The van der Waals surface area contributed by atoms with Crippen molar-refractivity contribution in [3.8, 4) is 17.1 Å². The van der Waals surface area contributed by atoms with E-state index in [0.29, 0.717) is 19.0 Å². The van der Waals surface area contributed by atoms with Gasteiger partial charge in [-0.2, -0.15) is 0 Å². The van der Waals surface area contributed by atoms with Crippen molar-refractivity contribution in [3.05, 3.63) is 72.3 Å². The van der Waals surface area contributed by atoms with Gasteiger partial charge in [-0.05, 0) is 30.0 Å². The van der Waals surface area contributed by atoms with Crippen molar-refractivity contribution >= 4 is 5.91 Å². The number of amides is 1. The van der Waals surface area contributed by atoms with Gasteiger partial charge in [0.05, 0.1) is 13.2 Å². The van der Waals surface area contributed by atoms with Gasteiger partial charge >= 0.3 is 6.01 Å². The molecule has 32 heavy (non-hydrogen) atoms. The van der Waals surface area contributed by atoms with E-state index in [9.17, 15) is 4.79 Å². The van der Waals surface area contributed by atoms with Crippen LogP contribution < -0.4 is 4.74 Å². The number of aromatic nitrogens is 3. The maximum Gasteiger partial charge on any atom is 0.316 e. The predicted molar refractivity (Wildman–Crippen MR) is 123 cm³/mol. The van der Waals surface area contributed by atoms with Gasteiger partial charge in [-0.15, -0.1) is 0 Å². The molecule has 0 unspecified atom stereocenters. The lowest BCUT2D eigenvalue weighted by atomic mass is 9.93. The van der Waals surface area contributed by atoms with Gasteiger partial charge in [-0.25, -0.2) is 9.97 Å². The topological polar surface area (TPSA) is 71.5 Å². The zero-order valence-electron chi connectivity index (χ0n) is 18.6. The summed E-state index contributed by atoms with van der Waals surface area (Å²) < 4.78 is 5.07. The third-order valence-corrected chi connectivity index (χ3v) is 5.84. The van der Waals surface area contributed by atoms with Crippen molar-refractivity contribution in [1.82, 2.24) is 24.8 Å². The second-order valence-electron chi connectivity index (χ2n) is 7.99. The SMILES string of the molecule is CCCN1CCN(Cc2cnc(OC)nc2)[C@H](Cc2ccccc2-c2cccnc2)C1=O. The highest BCUT2D eigenvalue weighted by Gasteiger charge is 2.35. The number of hydrogen-bond donors (Lipinski definition) is 0. The van der Waals surface area contributed by atoms with Gasteiger partial charge in [-0.3, -0.25) is 14.7 Å². The highest BCUT2D eigenvalue weighted by Crippen LogP contribution is 2.27. The van der Waals surface area contributed by atoms with E-state index in [-0.39, 0.29) is 11.9 Å². The summed E-state index contributed by atoms with van der Waals surface area (Å²) in [6.45, 7) is 5.08. The molecule has 1 amide bonds. The minimum atomic E-state index is -0.241. The van der Waals surface area contributed by atoms with Crippen LogP contribution in [0.25, 0.3) is 11.1 Å². The first-order valence-corrected chi connectivity index (χ1v) is 11.1. The number of benzene rings is 1. The third kappa shape index (κ3) is 4.94. The van der Waals surface area contributed by atoms with E-state index in [0.717, 1.165) is 48.3 Å². The van der Waals surface area contributed by atoms with Crippen molar-refractivity contribution in [2.75, 3.05) is 26.7 Å². The van der Waals surface area contributed by atoms with Gasteiger partial charge in [0.1, 0.15) is 0 Å². The number of ether oxygens (including phenoxy) is 1. The number of methoxy groups -OCH3 is 1. The smallest absolute Gasteiger partial charge is 0.316 e. The largest absolute Gasteiger partial charge is 0.467 e. The molecule has 1 atom stereocenters. The van der Waals surface area contributed by atoms with E-state index in [2.05, 4.69) is 45.0 Å². The Kier molecular flexibility index (Phi) is 7.07. The van der Waals surface area contributed by atoms with Crippen LogP contribution in [0.3, 0.4) is 0 Å². The highest BCUT2D eigenvalue weighted by molar-refractivity contribution is 5.83. The minimum absolute atomic E-state index is 0.188. The molecule has 3 aromatic rings. The Balaban J connectivity index is 1.62. The van der Waals surface area contributed by atoms with Crippen molar-refractivity contribution in [1.29, 1.82) is 0 Å². The quantitative estimate of drug-likeness (QED) is 0.545. The van der Waals surface area contributed by atoms with Crippen molar-refractivity contribution in [2.24, 2.45) is 0 Å². The normalized spacial score (nSPS) is 16.9. The van der Waals surface area contributed by atoms with Gasteiger partial charge in [0.25, 0.3) is 0 Å². The molecule has 3 heterocycles. The van der Waals surface area contributed by atoms with E-state index in [4.69, 9.17) is 4.74 Å². The second kappa shape index (κ2) is 10.3. The molecule has 0 N–H and O–H groups in total. The second-order valence-corrected chi connectivity index (χ2v) is 7.99. The monoisotopic (exact) mass is 431 g/mol. The Morgan fingerprint density at radius 2 is 1.88 bits per heavy atom. The molecule has 1 fully saturated rings. The van der Waals surface area contributed by atoms with Crippen molar-refractivity contribution in [3.63, 3.8) is 0 Å². The fraction of sp³-hybridized carbons (Fsp3) is 0.360. The summed E-state index contributed by atoms with van der Waals surface area (Å²) in [6.07, 6.45) is 8.79.